The van der Waals surface area contributed by atoms with Crippen LogP contribution in [-0.2, 0) is 4.74 Å². The molecule has 3 unspecified atom stereocenters. The van der Waals surface area contributed by atoms with E-state index in [9.17, 15) is 4.79 Å². The number of nitrogens with one attached hydrogen (secondary N) is 1. The minimum absolute atomic E-state index is 0.230. The van der Waals surface area contributed by atoms with Crippen LogP contribution in [0.1, 0.15) is 40.0 Å². The second kappa shape index (κ2) is 6.97. The molecule has 2 fully saturated rings. The SMILES string of the molecule is CN(CCCNC1CCN2CCC1C2)C(=O)OC(C)(C)C. The molecule has 1 amide bonds. The molecule has 2 heterocycles. The van der Waals surface area contributed by atoms with Gasteiger partial charge in [-0.3, -0.25) is 0 Å². The van der Waals surface area contributed by atoms with Gasteiger partial charge in [-0.25, -0.2) is 4.79 Å². The van der Waals surface area contributed by atoms with Gasteiger partial charge in [0, 0.05) is 26.2 Å². The maximum absolute atomic E-state index is 11.8. The number of fused-ring (bicyclic) bond motifs is 2. The summed E-state index contributed by atoms with van der Waals surface area (Å²) in [5.74, 6) is 0.835. The molecule has 2 bridgehead atoms. The molecule has 0 aromatic heterocycles. The molecule has 0 radical (unpaired) electrons. The summed E-state index contributed by atoms with van der Waals surface area (Å²) in [5.41, 5.74) is -0.417. The van der Waals surface area contributed by atoms with Crippen molar-refractivity contribution in [3.05, 3.63) is 0 Å². The number of carbonyl (C=O) groups is 1. The second-order valence-electron chi connectivity index (χ2n) is 7.45. The Hall–Kier alpha value is -0.810. The van der Waals surface area contributed by atoms with E-state index in [2.05, 4.69) is 10.2 Å². The van der Waals surface area contributed by atoms with Crippen molar-refractivity contribution in [2.75, 3.05) is 39.8 Å². The van der Waals surface area contributed by atoms with Gasteiger partial charge >= 0.3 is 6.09 Å². The second-order valence-corrected chi connectivity index (χ2v) is 7.45. The standard InChI is InChI=1S/C16H31N3O2/c1-16(2,3)21-15(20)18(4)9-5-8-17-14-7-11-19-10-6-13(14)12-19/h13-14,17H,5-12H2,1-4H3. The predicted octanol–water partition coefficient (Wildman–Crippen LogP) is 1.93. The Morgan fingerprint density at radius 3 is 2.76 bits per heavy atom. The van der Waals surface area contributed by atoms with Gasteiger partial charge in [0.15, 0.2) is 0 Å². The number of hydrogen-bond donors (Lipinski definition) is 1. The highest BCUT2D eigenvalue weighted by atomic mass is 16.6. The van der Waals surface area contributed by atoms with Crippen molar-refractivity contribution in [1.29, 1.82) is 0 Å². The highest BCUT2D eigenvalue weighted by Crippen LogP contribution is 2.26. The fourth-order valence-corrected chi connectivity index (χ4v) is 3.26. The van der Waals surface area contributed by atoms with Gasteiger partial charge in [-0.2, -0.15) is 0 Å². The average Bonchev–Trinajstić information content (AvgIpc) is 2.77. The summed E-state index contributed by atoms with van der Waals surface area (Å²) in [7, 11) is 1.81. The molecule has 1 N–H and O–H groups in total. The highest BCUT2D eigenvalue weighted by Gasteiger charge is 2.33. The Bertz CT molecular complexity index is 354. The third kappa shape index (κ3) is 5.15. The van der Waals surface area contributed by atoms with Crippen LogP contribution in [0.5, 0.6) is 0 Å². The lowest BCUT2D eigenvalue weighted by molar-refractivity contribution is 0.0296. The third-order valence-corrected chi connectivity index (χ3v) is 4.42. The van der Waals surface area contributed by atoms with Gasteiger partial charge in [0.05, 0.1) is 0 Å². The first kappa shape index (κ1) is 16.6. The van der Waals surface area contributed by atoms with Crippen LogP contribution in [-0.4, -0.2) is 67.3 Å². The first-order valence-electron chi connectivity index (χ1n) is 8.25. The molecule has 21 heavy (non-hydrogen) atoms. The van der Waals surface area contributed by atoms with E-state index in [4.69, 9.17) is 4.74 Å². The van der Waals surface area contributed by atoms with Crippen LogP contribution in [0.3, 0.4) is 0 Å². The van der Waals surface area contributed by atoms with E-state index in [1.807, 2.05) is 27.8 Å². The van der Waals surface area contributed by atoms with Gasteiger partial charge < -0.3 is 19.9 Å². The van der Waals surface area contributed by atoms with Crippen molar-refractivity contribution in [3.63, 3.8) is 0 Å². The van der Waals surface area contributed by atoms with Crippen molar-refractivity contribution in [2.24, 2.45) is 5.92 Å². The quantitative estimate of drug-likeness (QED) is 0.788. The molecule has 2 saturated heterocycles. The smallest absolute Gasteiger partial charge is 0.410 e. The first-order chi connectivity index (χ1) is 9.85. The molecule has 2 aliphatic heterocycles. The molecule has 5 nitrogen and oxygen atoms in total. The van der Waals surface area contributed by atoms with E-state index in [1.54, 1.807) is 4.90 Å². The zero-order chi connectivity index (χ0) is 15.5. The number of carbonyl (C=O) groups excluding carboxylic acids is 1. The zero-order valence-electron chi connectivity index (χ0n) is 14.0. The summed E-state index contributed by atoms with van der Waals surface area (Å²) in [5, 5.41) is 3.69. The Kier molecular flexibility index (Phi) is 5.49. The molecule has 2 rings (SSSR count). The van der Waals surface area contributed by atoms with Crippen molar-refractivity contribution >= 4 is 6.09 Å². The zero-order valence-corrected chi connectivity index (χ0v) is 14.0. The fraction of sp³-hybridized carbons (Fsp3) is 0.938. The maximum atomic E-state index is 11.8. The molecular formula is C16H31N3O2. The van der Waals surface area contributed by atoms with Crippen LogP contribution in [0.2, 0.25) is 0 Å². The van der Waals surface area contributed by atoms with E-state index in [1.165, 1.54) is 32.5 Å². The Labute approximate surface area is 129 Å². The van der Waals surface area contributed by atoms with Crippen molar-refractivity contribution in [1.82, 2.24) is 15.1 Å². The number of amides is 1. The van der Waals surface area contributed by atoms with E-state index >= 15 is 0 Å². The molecule has 122 valence electrons. The summed E-state index contributed by atoms with van der Waals surface area (Å²) in [6.45, 7) is 11.2. The van der Waals surface area contributed by atoms with Crippen molar-refractivity contribution < 1.29 is 9.53 Å². The van der Waals surface area contributed by atoms with E-state index in [0.717, 1.165) is 25.4 Å². The summed E-state index contributed by atoms with van der Waals surface area (Å²) in [4.78, 5) is 16.1. The van der Waals surface area contributed by atoms with Gasteiger partial charge in [-0.15, -0.1) is 0 Å². The molecule has 2 aliphatic rings. The summed E-state index contributed by atoms with van der Waals surface area (Å²) in [6, 6.07) is 0.676. The Balaban J connectivity index is 1.60. The molecule has 0 aliphatic carbocycles. The molecule has 5 heteroatoms. The molecule has 0 saturated carbocycles. The van der Waals surface area contributed by atoms with Crippen LogP contribution in [0, 0.1) is 5.92 Å². The normalized spacial score (nSPS) is 28.5. The largest absolute Gasteiger partial charge is 0.444 e. The van der Waals surface area contributed by atoms with E-state index < -0.39 is 5.60 Å². The average molecular weight is 297 g/mol. The number of hydrogen-bond acceptors (Lipinski definition) is 4. The fourth-order valence-electron chi connectivity index (χ4n) is 3.26. The van der Waals surface area contributed by atoms with Gasteiger partial charge in [0.2, 0.25) is 0 Å². The van der Waals surface area contributed by atoms with Crippen LogP contribution < -0.4 is 5.32 Å². The molecule has 3 atom stereocenters. The topological polar surface area (TPSA) is 44.8 Å². The summed E-state index contributed by atoms with van der Waals surface area (Å²) < 4.78 is 5.35. The lowest BCUT2D eigenvalue weighted by Crippen LogP contribution is -2.44. The van der Waals surface area contributed by atoms with Gasteiger partial charge in [-0.1, -0.05) is 0 Å². The molecule has 0 spiro atoms. The van der Waals surface area contributed by atoms with Crippen LogP contribution in [0.25, 0.3) is 0 Å². The van der Waals surface area contributed by atoms with Crippen LogP contribution >= 0.6 is 0 Å². The summed E-state index contributed by atoms with van der Waals surface area (Å²) in [6.07, 6.45) is 3.36. The number of ether oxygens (including phenoxy) is 1. The lowest BCUT2D eigenvalue weighted by atomic mass is 9.94. The Morgan fingerprint density at radius 1 is 1.33 bits per heavy atom. The third-order valence-electron chi connectivity index (χ3n) is 4.42. The van der Waals surface area contributed by atoms with Gasteiger partial charge in [0.1, 0.15) is 5.60 Å². The van der Waals surface area contributed by atoms with E-state index in [-0.39, 0.29) is 6.09 Å². The van der Waals surface area contributed by atoms with Crippen LogP contribution in [0.4, 0.5) is 4.79 Å². The van der Waals surface area contributed by atoms with Gasteiger partial charge in [-0.05, 0) is 65.6 Å². The minimum Gasteiger partial charge on any atom is -0.444 e. The minimum atomic E-state index is -0.417. The predicted molar refractivity (Wildman–Crippen MR) is 84.4 cm³/mol. The number of piperidine rings is 1. The highest BCUT2D eigenvalue weighted by molar-refractivity contribution is 5.67. The van der Waals surface area contributed by atoms with E-state index in [0.29, 0.717) is 6.04 Å². The van der Waals surface area contributed by atoms with Crippen molar-refractivity contribution in [2.45, 2.75) is 51.7 Å². The lowest BCUT2D eigenvalue weighted by Gasteiger charge is -2.31. The monoisotopic (exact) mass is 297 g/mol. The maximum Gasteiger partial charge on any atom is 0.410 e. The molecule has 0 aromatic rings. The molecular weight excluding hydrogens is 266 g/mol. The Morgan fingerprint density at radius 2 is 2.05 bits per heavy atom. The number of nitrogens with zero attached hydrogens (tertiary/aromatic N) is 2. The number of rotatable bonds is 5. The van der Waals surface area contributed by atoms with Crippen LogP contribution in [0.15, 0.2) is 0 Å². The first-order valence-corrected chi connectivity index (χ1v) is 8.25. The van der Waals surface area contributed by atoms with Crippen molar-refractivity contribution in [3.8, 4) is 0 Å². The summed E-state index contributed by atoms with van der Waals surface area (Å²) >= 11 is 0. The van der Waals surface area contributed by atoms with Gasteiger partial charge in [0.25, 0.3) is 0 Å². The molecule has 0 aromatic carbocycles.